The number of hydrogen-bond donors (Lipinski definition) is 2. The number of carbonyl (C=O) groups excluding carboxylic acids is 1. The summed E-state index contributed by atoms with van der Waals surface area (Å²) in [7, 11) is 0. The molecule has 1 amide bonds. The zero-order valence-electron chi connectivity index (χ0n) is 13.3. The molecule has 4 heteroatoms. The van der Waals surface area contributed by atoms with Crippen LogP contribution in [0.5, 0.6) is 5.75 Å². The number of amides is 1. The monoisotopic (exact) mass is 289 g/mol. The number of phenols is 1. The zero-order chi connectivity index (χ0) is 16.0. The number of aryl methyl sites for hydroxylation is 2. The van der Waals surface area contributed by atoms with Gasteiger partial charge in [-0.3, -0.25) is 0 Å². The van der Waals surface area contributed by atoms with Crippen LogP contribution >= 0.6 is 0 Å². The Bertz CT molecular complexity index is 551. The van der Waals surface area contributed by atoms with E-state index >= 15 is 0 Å². The van der Waals surface area contributed by atoms with Crippen molar-refractivity contribution in [2.45, 2.75) is 46.6 Å². The van der Waals surface area contributed by atoms with E-state index in [1.165, 1.54) is 0 Å². The number of rotatable bonds is 2. The molecular weight excluding hydrogens is 266 g/mol. The fourth-order valence-electron chi connectivity index (χ4n) is 1.83. The van der Waals surface area contributed by atoms with E-state index in [0.29, 0.717) is 13.0 Å². The summed E-state index contributed by atoms with van der Waals surface area (Å²) in [5.41, 5.74) is 2.32. The van der Waals surface area contributed by atoms with Crippen LogP contribution in [0.2, 0.25) is 0 Å². The standard InChI is InChI=1S/C17H23NO3/c1-12-10-14(19)11-13(2)15(12)8-6-7-9-18-16(20)21-17(3,4)5/h10-11,19H,7,9H2,1-5H3,(H,18,20). The van der Waals surface area contributed by atoms with Crippen LogP contribution < -0.4 is 5.32 Å². The van der Waals surface area contributed by atoms with E-state index in [-0.39, 0.29) is 5.75 Å². The number of alkyl carbamates (subject to hydrolysis) is 1. The Hall–Kier alpha value is -2.15. The Morgan fingerprint density at radius 1 is 1.29 bits per heavy atom. The third kappa shape index (κ3) is 6.22. The molecular formula is C17H23NO3. The number of benzene rings is 1. The molecule has 0 fully saturated rings. The fourth-order valence-corrected chi connectivity index (χ4v) is 1.83. The summed E-state index contributed by atoms with van der Waals surface area (Å²) in [6, 6.07) is 3.38. The van der Waals surface area contributed by atoms with Crippen molar-refractivity contribution in [2.75, 3.05) is 6.54 Å². The van der Waals surface area contributed by atoms with Crippen LogP contribution in [0.25, 0.3) is 0 Å². The van der Waals surface area contributed by atoms with Gasteiger partial charge in [0.05, 0.1) is 0 Å². The van der Waals surface area contributed by atoms with Crippen LogP contribution in [0, 0.1) is 25.7 Å². The van der Waals surface area contributed by atoms with Crippen molar-refractivity contribution >= 4 is 6.09 Å². The lowest BCUT2D eigenvalue weighted by Gasteiger charge is -2.19. The number of aromatic hydroxyl groups is 1. The predicted molar refractivity (Wildman–Crippen MR) is 83.3 cm³/mol. The minimum Gasteiger partial charge on any atom is -0.508 e. The summed E-state index contributed by atoms with van der Waals surface area (Å²) in [6.07, 6.45) is 0.111. The Morgan fingerprint density at radius 2 is 1.86 bits per heavy atom. The average molecular weight is 289 g/mol. The van der Waals surface area contributed by atoms with Crippen molar-refractivity contribution in [1.29, 1.82) is 0 Å². The maximum atomic E-state index is 11.4. The van der Waals surface area contributed by atoms with Crippen molar-refractivity contribution < 1.29 is 14.6 Å². The van der Waals surface area contributed by atoms with Crippen LogP contribution in [-0.2, 0) is 4.74 Å². The van der Waals surface area contributed by atoms with Gasteiger partial charge in [-0.05, 0) is 57.9 Å². The molecule has 0 saturated heterocycles. The van der Waals surface area contributed by atoms with Gasteiger partial charge in [0.15, 0.2) is 0 Å². The number of phenolic OH excluding ortho intramolecular Hbond substituents is 1. The lowest BCUT2D eigenvalue weighted by molar-refractivity contribution is 0.0529. The largest absolute Gasteiger partial charge is 0.508 e. The van der Waals surface area contributed by atoms with E-state index in [1.807, 2.05) is 34.6 Å². The molecule has 1 aromatic rings. The first-order chi connectivity index (χ1) is 9.69. The second-order valence-corrected chi connectivity index (χ2v) is 5.94. The summed E-state index contributed by atoms with van der Waals surface area (Å²) in [5.74, 6) is 6.35. The third-order valence-electron chi connectivity index (χ3n) is 2.65. The van der Waals surface area contributed by atoms with Gasteiger partial charge in [0.25, 0.3) is 0 Å². The lowest BCUT2D eigenvalue weighted by atomic mass is 10.0. The minimum atomic E-state index is -0.490. The van der Waals surface area contributed by atoms with Crippen molar-refractivity contribution in [3.05, 3.63) is 28.8 Å². The maximum absolute atomic E-state index is 11.4. The normalized spacial score (nSPS) is 10.5. The Labute approximate surface area is 126 Å². The molecule has 0 atom stereocenters. The number of carbonyl (C=O) groups is 1. The molecule has 21 heavy (non-hydrogen) atoms. The molecule has 0 aliphatic heterocycles. The summed E-state index contributed by atoms with van der Waals surface area (Å²) >= 11 is 0. The van der Waals surface area contributed by atoms with E-state index in [1.54, 1.807) is 12.1 Å². The molecule has 4 nitrogen and oxygen atoms in total. The summed E-state index contributed by atoms with van der Waals surface area (Å²) in [6.45, 7) is 9.73. The third-order valence-corrected chi connectivity index (χ3v) is 2.65. The maximum Gasteiger partial charge on any atom is 0.407 e. The van der Waals surface area contributed by atoms with Crippen LogP contribution in [0.1, 0.15) is 43.9 Å². The van der Waals surface area contributed by atoms with Crippen molar-refractivity contribution in [3.63, 3.8) is 0 Å². The Balaban J connectivity index is 2.50. The van der Waals surface area contributed by atoms with E-state index in [0.717, 1.165) is 16.7 Å². The highest BCUT2D eigenvalue weighted by Crippen LogP contribution is 2.19. The predicted octanol–water partition coefficient (Wildman–Crippen LogP) is 3.28. The second kappa shape index (κ2) is 7.03. The first-order valence-electron chi connectivity index (χ1n) is 6.95. The smallest absolute Gasteiger partial charge is 0.407 e. The van der Waals surface area contributed by atoms with Crippen molar-refractivity contribution in [3.8, 4) is 17.6 Å². The molecule has 0 bridgehead atoms. The van der Waals surface area contributed by atoms with Gasteiger partial charge in [0.1, 0.15) is 11.4 Å². The molecule has 1 aromatic carbocycles. The first kappa shape index (κ1) is 16.9. The van der Waals surface area contributed by atoms with Gasteiger partial charge in [0, 0.05) is 18.5 Å². The summed E-state index contributed by atoms with van der Waals surface area (Å²) < 4.78 is 5.13. The number of nitrogens with one attached hydrogen (secondary N) is 1. The molecule has 1 rings (SSSR count). The van der Waals surface area contributed by atoms with Gasteiger partial charge in [-0.25, -0.2) is 4.79 Å². The molecule has 114 valence electrons. The molecule has 0 saturated carbocycles. The Kier molecular flexibility index (Phi) is 5.66. The molecule has 2 N–H and O–H groups in total. The highest BCUT2D eigenvalue weighted by Gasteiger charge is 2.15. The Morgan fingerprint density at radius 3 is 2.38 bits per heavy atom. The number of ether oxygens (including phenoxy) is 1. The van der Waals surface area contributed by atoms with Gasteiger partial charge in [-0.1, -0.05) is 11.8 Å². The summed E-state index contributed by atoms with van der Waals surface area (Å²) in [4.78, 5) is 11.4. The van der Waals surface area contributed by atoms with Gasteiger partial charge in [-0.15, -0.1) is 0 Å². The van der Waals surface area contributed by atoms with Gasteiger partial charge in [0.2, 0.25) is 0 Å². The molecule has 0 aliphatic carbocycles. The molecule has 0 radical (unpaired) electrons. The quantitative estimate of drug-likeness (QED) is 0.649. The van der Waals surface area contributed by atoms with Crippen LogP contribution in [0.15, 0.2) is 12.1 Å². The second-order valence-electron chi connectivity index (χ2n) is 5.94. The van der Waals surface area contributed by atoms with Gasteiger partial charge in [-0.2, -0.15) is 0 Å². The van der Waals surface area contributed by atoms with Crippen molar-refractivity contribution in [2.24, 2.45) is 0 Å². The first-order valence-corrected chi connectivity index (χ1v) is 6.95. The van der Waals surface area contributed by atoms with E-state index in [2.05, 4.69) is 17.2 Å². The van der Waals surface area contributed by atoms with Crippen LogP contribution in [-0.4, -0.2) is 23.3 Å². The molecule has 0 spiro atoms. The van der Waals surface area contributed by atoms with Crippen LogP contribution in [0.3, 0.4) is 0 Å². The average Bonchev–Trinajstić information content (AvgIpc) is 2.29. The topological polar surface area (TPSA) is 58.6 Å². The highest BCUT2D eigenvalue weighted by molar-refractivity contribution is 5.67. The zero-order valence-corrected chi connectivity index (χ0v) is 13.3. The summed E-state index contributed by atoms with van der Waals surface area (Å²) in [5, 5.41) is 12.1. The fraction of sp³-hybridized carbons (Fsp3) is 0.471. The van der Waals surface area contributed by atoms with Crippen LogP contribution in [0.4, 0.5) is 4.79 Å². The highest BCUT2D eigenvalue weighted by atomic mass is 16.6. The SMILES string of the molecule is Cc1cc(O)cc(C)c1C#CCCNC(=O)OC(C)(C)C. The van der Waals surface area contributed by atoms with E-state index in [9.17, 15) is 9.90 Å². The molecule has 0 aromatic heterocycles. The van der Waals surface area contributed by atoms with Gasteiger partial charge >= 0.3 is 6.09 Å². The van der Waals surface area contributed by atoms with Crippen molar-refractivity contribution in [1.82, 2.24) is 5.32 Å². The number of hydrogen-bond acceptors (Lipinski definition) is 3. The minimum absolute atomic E-state index is 0.252. The van der Waals surface area contributed by atoms with Gasteiger partial charge < -0.3 is 15.2 Å². The molecule has 0 unspecified atom stereocenters. The molecule has 0 heterocycles. The molecule has 0 aliphatic rings. The van der Waals surface area contributed by atoms with E-state index in [4.69, 9.17) is 4.74 Å². The lowest BCUT2D eigenvalue weighted by Crippen LogP contribution is -2.32. The van der Waals surface area contributed by atoms with E-state index < -0.39 is 11.7 Å².